The number of carboxylic acids is 1. The van der Waals surface area contributed by atoms with Crippen LogP contribution in [0, 0.1) is 0 Å². The normalized spacial score (nSPS) is 12.2. The summed E-state index contributed by atoms with van der Waals surface area (Å²) in [6, 6.07) is 12.2. The van der Waals surface area contributed by atoms with E-state index in [1.54, 1.807) is 30.3 Å². The minimum absolute atomic E-state index is 0.211. The van der Waals surface area contributed by atoms with E-state index >= 15 is 0 Å². The lowest BCUT2D eigenvalue weighted by molar-refractivity contribution is -0.139. The maximum absolute atomic E-state index is 13.0. The molecule has 3 aromatic rings. The molecule has 11 heteroatoms. The maximum Gasteiger partial charge on any atom is 0.305 e. The summed E-state index contributed by atoms with van der Waals surface area (Å²) in [6.07, 6.45) is -0.342. The second-order valence-electron chi connectivity index (χ2n) is 7.57. The first-order valence-electron chi connectivity index (χ1n) is 10.5. The second-order valence-corrected chi connectivity index (χ2v) is 9.66. The number of methoxy groups -OCH3 is 1. The van der Waals surface area contributed by atoms with Crippen molar-refractivity contribution in [3.63, 3.8) is 0 Å². The Bertz CT molecular complexity index is 1410. The molecule has 35 heavy (non-hydrogen) atoms. The van der Waals surface area contributed by atoms with E-state index in [1.165, 1.54) is 31.4 Å². The Morgan fingerprint density at radius 3 is 2.46 bits per heavy atom. The molecule has 0 spiro atoms. The van der Waals surface area contributed by atoms with Crippen molar-refractivity contribution in [3.8, 4) is 5.75 Å². The summed E-state index contributed by atoms with van der Waals surface area (Å²) in [4.78, 5) is 36.5. The average Bonchev–Trinajstić information content (AvgIpc) is 2.83. The number of nitrogens with one attached hydrogen (secondary N) is 2. The minimum atomic E-state index is -4.34. The number of fused-ring (bicyclic) bond motifs is 1. The van der Waals surface area contributed by atoms with E-state index in [4.69, 9.17) is 16.3 Å². The summed E-state index contributed by atoms with van der Waals surface area (Å²) < 4.78 is 33.3. The van der Waals surface area contributed by atoms with E-state index in [2.05, 4.69) is 10.0 Å². The highest BCUT2D eigenvalue weighted by Crippen LogP contribution is 2.33. The summed E-state index contributed by atoms with van der Waals surface area (Å²) in [7, 11) is -2.89. The van der Waals surface area contributed by atoms with Gasteiger partial charge in [0.15, 0.2) is 0 Å². The smallest absolute Gasteiger partial charge is 0.305 e. The van der Waals surface area contributed by atoms with Crippen molar-refractivity contribution in [2.75, 3.05) is 7.11 Å². The number of carboxylic acid groups (broad SMARTS) is 1. The van der Waals surface area contributed by atoms with Crippen molar-refractivity contribution < 1.29 is 32.6 Å². The Kier molecular flexibility index (Phi) is 8.11. The standard InChI is InChI=1S/C24H23ClN2O7S/c1-3-14-6-4-5-7-18(14)23(30)26-24(31)19(13-21(28)29)27-35(32,33)16-9-10-17-15(12-16)8-11-20(34-2)22(17)25/h4-12,19,27H,3,13H2,1-2H3,(H,28,29)(H,26,30,31)/t19-/m0/s1. The molecule has 0 bridgehead atoms. The van der Waals surface area contributed by atoms with Crippen molar-refractivity contribution in [1.29, 1.82) is 0 Å². The van der Waals surface area contributed by atoms with Crippen LogP contribution in [0.4, 0.5) is 0 Å². The van der Waals surface area contributed by atoms with Gasteiger partial charge in [-0.3, -0.25) is 19.7 Å². The topological polar surface area (TPSA) is 139 Å². The van der Waals surface area contributed by atoms with Crippen molar-refractivity contribution >= 4 is 50.2 Å². The number of hydrogen-bond acceptors (Lipinski definition) is 6. The van der Waals surface area contributed by atoms with E-state index < -0.39 is 40.3 Å². The van der Waals surface area contributed by atoms with E-state index in [0.717, 1.165) is 0 Å². The first kappa shape index (κ1) is 26.1. The van der Waals surface area contributed by atoms with Crippen molar-refractivity contribution in [2.24, 2.45) is 0 Å². The van der Waals surface area contributed by atoms with Crippen LogP contribution in [0.5, 0.6) is 5.75 Å². The Balaban J connectivity index is 1.87. The fraction of sp³-hybridized carbons (Fsp3) is 0.208. The predicted molar refractivity (Wildman–Crippen MR) is 130 cm³/mol. The zero-order chi connectivity index (χ0) is 25.8. The number of imide groups is 1. The molecular formula is C24H23ClN2O7S. The Morgan fingerprint density at radius 1 is 1.09 bits per heavy atom. The molecule has 2 amide bonds. The largest absolute Gasteiger partial charge is 0.495 e. The summed E-state index contributed by atoms with van der Waals surface area (Å²) in [6.45, 7) is 1.84. The highest BCUT2D eigenvalue weighted by Gasteiger charge is 2.30. The van der Waals surface area contributed by atoms with Gasteiger partial charge in [0, 0.05) is 10.9 Å². The molecule has 3 N–H and O–H groups in total. The van der Waals surface area contributed by atoms with Crippen LogP contribution in [0.2, 0.25) is 5.02 Å². The molecular weight excluding hydrogens is 496 g/mol. The number of hydrogen-bond donors (Lipinski definition) is 3. The molecule has 0 heterocycles. The molecule has 1 atom stereocenters. The third kappa shape index (κ3) is 5.97. The van der Waals surface area contributed by atoms with Crippen LogP contribution in [0.15, 0.2) is 59.5 Å². The lowest BCUT2D eigenvalue weighted by Gasteiger charge is -2.17. The minimum Gasteiger partial charge on any atom is -0.495 e. The van der Waals surface area contributed by atoms with Gasteiger partial charge in [-0.25, -0.2) is 8.42 Å². The quantitative estimate of drug-likeness (QED) is 0.395. The van der Waals surface area contributed by atoms with Gasteiger partial charge < -0.3 is 9.84 Å². The second kappa shape index (κ2) is 10.9. The monoisotopic (exact) mass is 518 g/mol. The molecule has 0 saturated carbocycles. The van der Waals surface area contributed by atoms with E-state index in [-0.39, 0.29) is 10.5 Å². The molecule has 0 fully saturated rings. The van der Waals surface area contributed by atoms with E-state index in [9.17, 15) is 27.9 Å². The Labute approximate surface area is 207 Å². The van der Waals surface area contributed by atoms with E-state index in [1.807, 2.05) is 6.92 Å². The first-order chi connectivity index (χ1) is 16.6. The van der Waals surface area contributed by atoms with Crippen molar-refractivity contribution in [3.05, 3.63) is 70.7 Å². The number of amides is 2. The summed E-state index contributed by atoms with van der Waals surface area (Å²) in [5, 5.41) is 12.7. The highest BCUT2D eigenvalue weighted by molar-refractivity contribution is 7.89. The number of benzene rings is 3. The van der Waals surface area contributed by atoms with Crippen LogP contribution in [0.25, 0.3) is 10.8 Å². The molecule has 3 rings (SSSR count). The van der Waals surface area contributed by atoms with Crippen LogP contribution in [0.1, 0.15) is 29.3 Å². The molecule has 0 aliphatic heterocycles. The number of carbonyl (C=O) groups is 3. The lowest BCUT2D eigenvalue weighted by atomic mass is 10.0. The van der Waals surface area contributed by atoms with Gasteiger partial charge in [-0.15, -0.1) is 0 Å². The SMILES string of the molecule is CCc1ccccc1C(=O)NC(=O)[C@H](CC(=O)O)NS(=O)(=O)c1ccc2c(Cl)c(OC)ccc2c1. The number of ether oxygens (including phenoxy) is 1. The van der Waals surface area contributed by atoms with Crippen LogP contribution in [0.3, 0.4) is 0 Å². The van der Waals surface area contributed by atoms with Crippen molar-refractivity contribution in [2.45, 2.75) is 30.7 Å². The number of rotatable bonds is 9. The molecule has 3 aromatic carbocycles. The van der Waals surface area contributed by atoms with Gasteiger partial charge in [0.05, 0.1) is 23.4 Å². The molecule has 0 unspecified atom stereocenters. The van der Waals surface area contributed by atoms with Gasteiger partial charge in [0.25, 0.3) is 5.91 Å². The number of halogens is 1. The Morgan fingerprint density at radius 2 is 1.80 bits per heavy atom. The van der Waals surface area contributed by atoms with Crippen LogP contribution < -0.4 is 14.8 Å². The van der Waals surface area contributed by atoms with Crippen molar-refractivity contribution in [1.82, 2.24) is 10.0 Å². The summed E-state index contributed by atoms with van der Waals surface area (Å²) in [5.74, 6) is -2.84. The van der Waals surface area contributed by atoms with Crippen LogP contribution in [-0.2, 0) is 26.0 Å². The Hall–Kier alpha value is -3.47. The number of carbonyl (C=O) groups excluding carboxylic acids is 2. The fourth-order valence-corrected chi connectivity index (χ4v) is 5.05. The van der Waals surface area contributed by atoms with Gasteiger partial charge >= 0.3 is 5.97 Å². The number of sulfonamides is 1. The van der Waals surface area contributed by atoms with Gasteiger partial charge in [-0.2, -0.15) is 4.72 Å². The molecule has 0 radical (unpaired) electrons. The predicted octanol–water partition coefficient (Wildman–Crippen LogP) is 3.14. The zero-order valence-electron chi connectivity index (χ0n) is 18.9. The third-order valence-corrected chi connectivity index (χ3v) is 7.15. The first-order valence-corrected chi connectivity index (χ1v) is 12.4. The average molecular weight is 519 g/mol. The molecule has 0 aromatic heterocycles. The van der Waals surface area contributed by atoms with Gasteiger partial charge in [-0.1, -0.05) is 48.9 Å². The molecule has 0 aliphatic carbocycles. The van der Waals surface area contributed by atoms with Gasteiger partial charge in [0.1, 0.15) is 11.8 Å². The highest BCUT2D eigenvalue weighted by atomic mass is 35.5. The molecule has 9 nitrogen and oxygen atoms in total. The number of aliphatic carboxylic acids is 1. The van der Waals surface area contributed by atoms with Gasteiger partial charge in [-0.05, 0) is 41.6 Å². The summed E-state index contributed by atoms with van der Waals surface area (Å²) >= 11 is 6.27. The molecule has 184 valence electrons. The number of aryl methyl sites for hydroxylation is 1. The lowest BCUT2D eigenvalue weighted by Crippen LogP contribution is -2.49. The van der Waals surface area contributed by atoms with E-state index in [0.29, 0.717) is 33.5 Å². The van der Waals surface area contributed by atoms with Gasteiger partial charge in [0.2, 0.25) is 15.9 Å². The van der Waals surface area contributed by atoms with Crippen LogP contribution in [-0.4, -0.2) is 44.5 Å². The van der Waals surface area contributed by atoms with Crippen LogP contribution >= 0.6 is 11.6 Å². The fourth-order valence-electron chi connectivity index (χ4n) is 3.51. The zero-order valence-corrected chi connectivity index (χ0v) is 20.4. The third-order valence-electron chi connectivity index (χ3n) is 5.29. The maximum atomic E-state index is 13.0. The molecule has 0 aliphatic rings. The summed E-state index contributed by atoms with van der Waals surface area (Å²) in [5.41, 5.74) is 0.918. The molecule has 0 saturated heterocycles.